The minimum Gasteiger partial charge on any atom is -0.478 e. The molecule has 2 rings (SSSR count). The number of nitrogens with zero attached hydrogens (tertiary/aromatic N) is 1. The lowest BCUT2D eigenvalue weighted by Gasteiger charge is -2.30. The first-order valence-corrected chi connectivity index (χ1v) is 6.42. The van der Waals surface area contributed by atoms with Crippen molar-refractivity contribution in [1.29, 1.82) is 0 Å². The van der Waals surface area contributed by atoms with E-state index in [9.17, 15) is 9.59 Å². The third-order valence-electron chi connectivity index (χ3n) is 3.53. The summed E-state index contributed by atoms with van der Waals surface area (Å²) in [4.78, 5) is 24.7. The molecule has 1 unspecified atom stereocenters. The first kappa shape index (κ1) is 13.5. The summed E-state index contributed by atoms with van der Waals surface area (Å²) in [6, 6.07) is 4.62. The Morgan fingerprint density at radius 1 is 1.42 bits per heavy atom. The average molecular weight is 262 g/mol. The van der Waals surface area contributed by atoms with Gasteiger partial charge in [0, 0.05) is 13.1 Å². The van der Waals surface area contributed by atoms with Gasteiger partial charge in [-0.2, -0.15) is 0 Å². The van der Waals surface area contributed by atoms with Crippen LogP contribution in [0.5, 0.6) is 0 Å². The van der Waals surface area contributed by atoms with E-state index in [0.29, 0.717) is 19.5 Å². The molecule has 0 fully saturated rings. The first-order valence-electron chi connectivity index (χ1n) is 6.42. The zero-order valence-corrected chi connectivity index (χ0v) is 10.9. The fourth-order valence-corrected chi connectivity index (χ4v) is 2.29. The van der Waals surface area contributed by atoms with Gasteiger partial charge in [-0.25, -0.2) is 4.79 Å². The van der Waals surface area contributed by atoms with Crippen LogP contribution in [0.3, 0.4) is 0 Å². The summed E-state index contributed by atoms with van der Waals surface area (Å²) in [5, 5.41) is 8.99. The van der Waals surface area contributed by atoms with Crippen LogP contribution in [-0.2, 0) is 17.8 Å². The number of carbonyl (C=O) groups is 2. The zero-order valence-electron chi connectivity index (χ0n) is 10.9. The van der Waals surface area contributed by atoms with Crippen LogP contribution in [0, 0.1) is 0 Å². The molecule has 1 aromatic carbocycles. The Morgan fingerprint density at radius 2 is 2.16 bits per heavy atom. The van der Waals surface area contributed by atoms with Crippen LogP contribution in [0.4, 0.5) is 0 Å². The second kappa shape index (κ2) is 5.40. The van der Waals surface area contributed by atoms with Gasteiger partial charge in [-0.15, -0.1) is 0 Å². The van der Waals surface area contributed by atoms with E-state index >= 15 is 0 Å². The van der Waals surface area contributed by atoms with Gasteiger partial charge >= 0.3 is 5.97 Å². The number of fused-ring (bicyclic) bond motifs is 1. The fourth-order valence-electron chi connectivity index (χ4n) is 2.29. The summed E-state index contributed by atoms with van der Waals surface area (Å²) >= 11 is 0. The number of nitrogens with two attached hydrogens (primary N) is 1. The summed E-state index contributed by atoms with van der Waals surface area (Å²) in [5.41, 5.74) is 8.03. The van der Waals surface area contributed by atoms with Crippen LogP contribution in [0.15, 0.2) is 18.2 Å². The van der Waals surface area contributed by atoms with E-state index in [1.54, 1.807) is 17.0 Å². The average Bonchev–Trinajstić information content (AvgIpc) is 2.44. The van der Waals surface area contributed by atoms with E-state index in [4.69, 9.17) is 10.8 Å². The second-order valence-electron chi connectivity index (χ2n) is 4.81. The molecule has 19 heavy (non-hydrogen) atoms. The highest BCUT2D eigenvalue weighted by Gasteiger charge is 2.24. The van der Waals surface area contributed by atoms with E-state index in [-0.39, 0.29) is 11.5 Å². The highest BCUT2D eigenvalue weighted by molar-refractivity contribution is 5.88. The molecular formula is C14H18N2O3. The van der Waals surface area contributed by atoms with Crippen LogP contribution in [0.1, 0.15) is 34.8 Å². The molecule has 5 heteroatoms. The maximum absolute atomic E-state index is 12.0. The van der Waals surface area contributed by atoms with E-state index in [1.165, 1.54) is 0 Å². The standard InChI is InChI=1S/C14H18N2O3/c1-2-12(15)13(17)16-6-5-9-3-4-10(14(18)19)7-11(9)8-16/h3-4,7,12H,2,5-6,8,15H2,1H3,(H,18,19). The molecule has 0 aliphatic carbocycles. The maximum Gasteiger partial charge on any atom is 0.335 e. The van der Waals surface area contributed by atoms with E-state index in [1.807, 2.05) is 13.0 Å². The van der Waals surface area contributed by atoms with Gasteiger partial charge in [0.25, 0.3) is 0 Å². The summed E-state index contributed by atoms with van der Waals surface area (Å²) in [7, 11) is 0. The van der Waals surface area contributed by atoms with Crippen molar-refractivity contribution in [2.45, 2.75) is 32.4 Å². The first-order chi connectivity index (χ1) is 9.02. The number of rotatable bonds is 3. The molecule has 1 atom stereocenters. The quantitative estimate of drug-likeness (QED) is 0.851. The molecule has 1 amide bonds. The van der Waals surface area contributed by atoms with Gasteiger partial charge in [0.1, 0.15) is 0 Å². The number of carbonyl (C=O) groups excluding carboxylic acids is 1. The maximum atomic E-state index is 12.0. The molecule has 0 saturated heterocycles. The van der Waals surface area contributed by atoms with Crippen LogP contribution >= 0.6 is 0 Å². The lowest BCUT2D eigenvalue weighted by atomic mass is 9.97. The Bertz CT molecular complexity index is 513. The van der Waals surface area contributed by atoms with Crippen molar-refractivity contribution in [3.05, 3.63) is 34.9 Å². The molecule has 1 aliphatic rings. The monoisotopic (exact) mass is 262 g/mol. The number of carboxylic acid groups (broad SMARTS) is 1. The van der Waals surface area contributed by atoms with Gasteiger partial charge in [0.2, 0.25) is 5.91 Å². The molecule has 1 aromatic rings. The van der Waals surface area contributed by atoms with Crippen LogP contribution in [0.25, 0.3) is 0 Å². The van der Waals surface area contributed by atoms with Crippen LogP contribution < -0.4 is 5.73 Å². The summed E-state index contributed by atoms with van der Waals surface area (Å²) in [5.74, 6) is -1.01. The topological polar surface area (TPSA) is 83.6 Å². The van der Waals surface area contributed by atoms with Crippen molar-refractivity contribution < 1.29 is 14.7 Å². The number of hydrogen-bond donors (Lipinski definition) is 2. The van der Waals surface area contributed by atoms with Gasteiger partial charge in [-0.05, 0) is 36.1 Å². The number of benzene rings is 1. The fraction of sp³-hybridized carbons (Fsp3) is 0.429. The summed E-state index contributed by atoms with van der Waals surface area (Å²) < 4.78 is 0. The van der Waals surface area contributed by atoms with E-state index in [2.05, 4.69) is 0 Å². The Morgan fingerprint density at radius 3 is 2.79 bits per heavy atom. The van der Waals surface area contributed by atoms with Crippen molar-refractivity contribution in [1.82, 2.24) is 4.90 Å². The molecule has 3 N–H and O–H groups in total. The number of hydrogen-bond acceptors (Lipinski definition) is 3. The van der Waals surface area contributed by atoms with Crippen molar-refractivity contribution >= 4 is 11.9 Å². The van der Waals surface area contributed by atoms with Crippen molar-refractivity contribution in [2.24, 2.45) is 5.73 Å². The van der Waals surface area contributed by atoms with Crippen molar-refractivity contribution in [3.63, 3.8) is 0 Å². The normalized spacial score (nSPS) is 15.8. The Balaban J connectivity index is 2.20. The Kier molecular flexibility index (Phi) is 3.85. The number of aromatic carboxylic acids is 1. The van der Waals surface area contributed by atoms with E-state index < -0.39 is 12.0 Å². The van der Waals surface area contributed by atoms with Gasteiger partial charge in [-0.3, -0.25) is 4.79 Å². The Hall–Kier alpha value is -1.88. The zero-order chi connectivity index (χ0) is 14.0. The lowest BCUT2D eigenvalue weighted by Crippen LogP contribution is -2.45. The third kappa shape index (κ3) is 2.76. The van der Waals surface area contributed by atoms with Crippen molar-refractivity contribution in [3.8, 4) is 0 Å². The highest BCUT2D eigenvalue weighted by atomic mass is 16.4. The summed E-state index contributed by atoms with van der Waals surface area (Å²) in [6.07, 6.45) is 1.36. The number of amides is 1. The minimum absolute atomic E-state index is 0.0612. The van der Waals surface area contributed by atoms with Crippen LogP contribution in [0.2, 0.25) is 0 Å². The second-order valence-corrected chi connectivity index (χ2v) is 4.81. The molecule has 1 aliphatic heterocycles. The molecule has 1 heterocycles. The predicted molar refractivity (Wildman–Crippen MR) is 70.8 cm³/mol. The third-order valence-corrected chi connectivity index (χ3v) is 3.53. The molecule has 0 radical (unpaired) electrons. The van der Waals surface area contributed by atoms with Gasteiger partial charge < -0.3 is 15.7 Å². The van der Waals surface area contributed by atoms with Gasteiger partial charge in [0.05, 0.1) is 11.6 Å². The molecular weight excluding hydrogens is 244 g/mol. The smallest absolute Gasteiger partial charge is 0.335 e. The molecule has 5 nitrogen and oxygen atoms in total. The van der Waals surface area contributed by atoms with Crippen LogP contribution in [-0.4, -0.2) is 34.5 Å². The predicted octanol–water partition coefficient (Wildman–Crippen LogP) is 1.01. The van der Waals surface area contributed by atoms with Gasteiger partial charge in [-0.1, -0.05) is 13.0 Å². The van der Waals surface area contributed by atoms with Crippen molar-refractivity contribution in [2.75, 3.05) is 6.54 Å². The Labute approximate surface area is 112 Å². The number of carboxylic acids is 1. The molecule has 0 saturated carbocycles. The minimum atomic E-state index is -0.948. The largest absolute Gasteiger partial charge is 0.478 e. The lowest BCUT2D eigenvalue weighted by molar-refractivity contribution is -0.133. The van der Waals surface area contributed by atoms with Gasteiger partial charge in [0.15, 0.2) is 0 Å². The molecule has 0 bridgehead atoms. The molecule has 102 valence electrons. The highest BCUT2D eigenvalue weighted by Crippen LogP contribution is 2.21. The van der Waals surface area contributed by atoms with E-state index in [0.717, 1.165) is 17.5 Å². The molecule has 0 spiro atoms. The summed E-state index contributed by atoms with van der Waals surface area (Å²) in [6.45, 7) is 2.97. The SMILES string of the molecule is CCC(N)C(=O)N1CCc2ccc(C(=O)O)cc2C1. The molecule has 0 aromatic heterocycles.